The molecule has 1 aliphatic rings. The minimum absolute atomic E-state index is 0.0269. The first kappa shape index (κ1) is 22.6. The molecule has 4 rings (SSSR count). The van der Waals surface area contributed by atoms with Gasteiger partial charge in [-0.05, 0) is 48.0 Å². The molecule has 0 bridgehead atoms. The van der Waals surface area contributed by atoms with E-state index in [0.29, 0.717) is 36.0 Å². The van der Waals surface area contributed by atoms with E-state index >= 15 is 0 Å². The Bertz CT molecular complexity index is 1230. The fourth-order valence-electron chi connectivity index (χ4n) is 3.20. The number of ether oxygens (including phenoxy) is 3. The summed E-state index contributed by atoms with van der Waals surface area (Å²) < 4.78 is 48.4. The lowest BCUT2D eigenvalue weighted by Gasteiger charge is -2.26. The number of carbonyl (C=O) groups is 1. The van der Waals surface area contributed by atoms with Crippen molar-refractivity contribution in [2.75, 3.05) is 33.4 Å². The summed E-state index contributed by atoms with van der Waals surface area (Å²) in [4.78, 5) is 12.3. The molecule has 0 atom stereocenters. The van der Waals surface area contributed by atoms with Gasteiger partial charge in [0.05, 0.1) is 20.3 Å². The highest BCUT2D eigenvalue weighted by Crippen LogP contribution is 2.29. The number of aromatic nitrogens is 2. The first-order chi connectivity index (χ1) is 16.0. The van der Waals surface area contributed by atoms with E-state index in [2.05, 4.69) is 10.2 Å². The third-order valence-corrected chi connectivity index (χ3v) is 6.79. The molecule has 0 aliphatic carbocycles. The minimum Gasteiger partial charge on any atom is -0.495 e. The summed E-state index contributed by atoms with van der Waals surface area (Å²) >= 11 is 0. The number of hydrogen-bond acceptors (Lipinski definition) is 9. The van der Waals surface area contributed by atoms with E-state index in [9.17, 15) is 13.2 Å². The lowest BCUT2D eigenvalue weighted by atomic mass is 10.2. The van der Waals surface area contributed by atoms with E-state index in [1.165, 1.54) is 36.0 Å². The van der Waals surface area contributed by atoms with Crippen LogP contribution in [0.5, 0.6) is 11.5 Å². The van der Waals surface area contributed by atoms with Gasteiger partial charge in [-0.3, -0.25) is 0 Å². The van der Waals surface area contributed by atoms with Crippen molar-refractivity contribution in [2.45, 2.75) is 4.90 Å². The normalized spacial score (nSPS) is 14.9. The number of esters is 1. The molecule has 1 saturated heterocycles. The van der Waals surface area contributed by atoms with Gasteiger partial charge >= 0.3 is 5.97 Å². The molecule has 0 spiro atoms. The highest BCUT2D eigenvalue weighted by molar-refractivity contribution is 7.89. The average molecular weight is 471 g/mol. The summed E-state index contributed by atoms with van der Waals surface area (Å²) in [6, 6.07) is 11.2. The van der Waals surface area contributed by atoms with Gasteiger partial charge in [0.15, 0.2) is 0 Å². The largest absolute Gasteiger partial charge is 0.495 e. The molecule has 0 radical (unpaired) electrons. The molecule has 0 amide bonds. The Morgan fingerprint density at radius 1 is 1.12 bits per heavy atom. The summed E-state index contributed by atoms with van der Waals surface area (Å²) in [6.45, 7) is 1.21. The van der Waals surface area contributed by atoms with Gasteiger partial charge in [0, 0.05) is 24.7 Å². The standard InChI is InChI=1S/C22H21N3O7S/c1-29-19-8-2-16(14-20(19)33(27,28)25-10-12-30-13-11-25)3-9-21(26)32-18-6-4-17(5-7-18)22-24-23-15-31-22/h2-9,14-15H,10-13H2,1H3. The minimum atomic E-state index is -3.78. The zero-order valence-electron chi connectivity index (χ0n) is 17.7. The number of nitrogens with zero attached hydrogens (tertiary/aromatic N) is 3. The van der Waals surface area contributed by atoms with Gasteiger partial charge in [-0.15, -0.1) is 10.2 Å². The summed E-state index contributed by atoms with van der Waals surface area (Å²) in [5.41, 5.74) is 1.20. The lowest BCUT2D eigenvalue weighted by Crippen LogP contribution is -2.40. The second-order valence-corrected chi connectivity index (χ2v) is 8.86. The van der Waals surface area contributed by atoms with Gasteiger partial charge in [-0.1, -0.05) is 6.07 Å². The summed E-state index contributed by atoms with van der Waals surface area (Å²) in [7, 11) is -2.37. The van der Waals surface area contributed by atoms with Gasteiger partial charge in [-0.25, -0.2) is 13.2 Å². The Morgan fingerprint density at radius 3 is 2.55 bits per heavy atom. The number of carbonyl (C=O) groups excluding carboxylic acids is 1. The molecular weight excluding hydrogens is 450 g/mol. The maximum atomic E-state index is 13.1. The highest BCUT2D eigenvalue weighted by atomic mass is 32.2. The van der Waals surface area contributed by atoms with Gasteiger partial charge in [0.25, 0.3) is 0 Å². The molecular formula is C22H21N3O7S. The molecule has 0 saturated carbocycles. The van der Waals surface area contributed by atoms with Crippen molar-refractivity contribution in [3.05, 3.63) is 60.5 Å². The Labute approximate surface area is 190 Å². The molecule has 2 aromatic carbocycles. The van der Waals surface area contributed by atoms with Crippen LogP contribution in [-0.2, 0) is 19.6 Å². The molecule has 1 aliphatic heterocycles. The first-order valence-electron chi connectivity index (χ1n) is 10.00. The van der Waals surface area contributed by atoms with Crippen LogP contribution < -0.4 is 9.47 Å². The molecule has 2 heterocycles. The van der Waals surface area contributed by atoms with Crippen molar-refractivity contribution in [1.82, 2.24) is 14.5 Å². The van der Waals surface area contributed by atoms with Crippen LogP contribution in [-0.4, -0.2) is 62.3 Å². The molecule has 1 fully saturated rings. The molecule has 11 heteroatoms. The molecule has 172 valence electrons. The molecule has 33 heavy (non-hydrogen) atoms. The third-order valence-electron chi connectivity index (χ3n) is 4.87. The van der Waals surface area contributed by atoms with Crippen LogP contribution in [0, 0.1) is 0 Å². The summed E-state index contributed by atoms with van der Waals surface area (Å²) in [5.74, 6) is 0.296. The van der Waals surface area contributed by atoms with Crippen LogP contribution in [0.4, 0.5) is 0 Å². The zero-order valence-corrected chi connectivity index (χ0v) is 18.5. The molecule has 10 nitrogen and oxygen atoms in total. The maximum absolute atomic E-state index is 13.1. The predicted molar refractivity (Wildman–Crippen MR) is 117 cm³/mol. The van der Waals surface area contributed by atoms with Crippen LogP contribution in [0.3, 0.4) is 0 Å². The van der Waals surface area contributed by atoms with Gasteiger partial charge in [0.1, 0.15) is 16.4 Å². The van der Waals surface area contributed by atoms with Crippen molar-refractivity contribution in [3.8, 4) is 23.0 Å². The average Bonchev–Trinajstić information content (AvgIpc) is 3.39. The van der Waals surface area contributed by atoms with Crippen molar-refractivity contribution in [1.29, 1.82) is 0 Å². The van der Waals surface area contributed by atoms with Crippen molar-refractivity contribution in [2.24, 2.45) is 0 Å². The summed E-state index contributed by atoms with van der Waals surface area (Å²) in [5, 5.41) is 7.43. The number of methoxy groups -OCH3 is 1. The Balaban J connectivity index is 1.47. The smallest absolute Gasteiger partial charge is 0.336 e. The maximum Gasteiger partial charge on any atom is 0.336 e. The summed E-state index contributed by atoms with van der Waals surface area (Å²) in [6.07, 6.45) is 3.93. The molecule has 1 aromatic heterocycles. The van der Waals surface area contributed by atoms with Crippen LogP contribution >= 0.6 is 0 Å². The number of hydrogen-bond donors (Lipinski definition) is 0. The predicted octanol–water partition coefficient (Wildman–Crippen LogP) is 2.38. The Morgan fingerprint density at radius 2 is 1.88 bits per heavy atom. The number of rotatable bonds is 7. The zero-order chi connectivity index (χ0) is 23.3. The Hall–Kier alpha value is -3.54. The molecule has 3 aromatic rings. The SMILES string of the molecule is COc1ccc(C=CC(=O)Oc2ccc(-c3nnco3)cc2)cc1S(=O)(=O)N1CCOCC1. The second kappa shape index (κ2) is 9.94. The van der Waals surface area contributed by atoms with Gasteiger partial charge in [-0.2, -0.15) is 4.31 Å². The lowest BCUT2D eigenvalue weighted by molar-refractivity contribution is -0.128. The number of benzene rings is 2. The van der Waals surface area contributed by atoms with E-state index < -0.39 is 16.0 Å². The van der Waals surface area contributed by atoms with Crippen molar-refractivity contribution in [3.63, 3.8) is 0 Å². The van der Waals surface area contributed by atoms with Crippen LogP contribution in [0.25, 0.3) is 17.5 Å². The van der Waals surface area contributed by atoms with E-state index in [1.807, 2.05) is 0 Å². The van der Waals surface area contributed by atoms with Crippen LogP contribution in [0.1, 0.15) is 5.56 Å². The van der Waals surface area contributed by atoms with Crippen LogP contribution in [0.2, 0.25) is 0 Å². The molecule has 0 N–H and O–H groups in total. The topological polar surface area (TPSA) is 121 Å². The molecule has 0 unspecified atom stereocenters. The van der Waals surface area contributed by atoms with Gasteiger partial charge < -0.3 is 18.6 Å². The quantitative estimate of drug-likeness (QED) is 0.290. The fraction of sp³-hybridized carbons (Fsp3) is 0.227. The van der Waals surface area contributed by atoms with E-state index in [-0.39, 0.29) is 23.7 Å². The van der Waals surface area contributed by atoms with E-state index in [1.54, 1.807) is 36.4 Å². The highest BCUT2D eigenvalue weighted by Gasteiger charge is 2.29. The Kier molecular flexibility index (Phi) is 6.82. The number of morpholine rings is 1. The van der Waals surface area contributed by atoms with Crippen LogP contribution in [0.15, 0.2) is 64.2 Å². The second-order valence-electron chi connectivity index (χ2n) is 6.95. The monoisotopic (exact) mass is 471 g/mol. The van der Waals surface area contributed by atoms with Gasteiger partial charge in [0.2, 0.25) is 22.3 Å². The van der Waals surface area contributed by atoms with Crippen molar-refractivity contribution < 1.29 is 31.8 Å². The van der Waals surface area contributed by atoms with E-state index in [0.717, 1.165) is 0 Å². The fourth-order valence-corrected chi connectivity index (χ4v) is 4.80. The third kappa shape index (κ3) is 5.28. The number of sulfonamides is 1. The van der Waals surface area contributed by atoms with Crippen molar-refractivity contribution >= 4 is 22.1 Å². The van der Waals surface area contributed by atoms with E-state index in [4.69, 9.17) is 18.6 Å². The first-order valence-corrected chi connectivity index (χ1v) is 11.4.